The number of ether oxygens (including phenoxy) is 1. The van der Waals surface area contributed by atoms with Gasteiger partial charge in [0.15, 0.2) is 4.96 Å². The highest BCUT2D eigenvalue weighted by atomic mass is 32.1. The monoisotopic (exact) mass is 342 g/mol. The van der Waals surface area contributed by atoms with Gasteiger partial charge in [-0.15, -0.1) is 0 Å². The van der Waals surface area contributed by atoms with Gasteiger partial charge in [-0.2, -0.15) is 0 Å². The van der Waals surface area contributed by atoms with Crippen LogP contribution >= 0.6 is 11.3 Å². The number of nitrogens with one attached hydrogen (secondary N) is 1. The Bertz CT molecular complexity index is 826. The number of imidazole rings is 1. The van der Waals surface area contributed by atoms with Gasteiger partial charge in [0.25, 0.3) is 5.91 Å². The van der Waals surface area contributed by atoms with Crippen molar-refractivity contribution in [2.75, 3.05) is 30.0 Å². The van der Waals surface area contributed by atoms with Gasteiger partial charge in [0, 0.05) is 42.6 Å². The van der Waals surface area contributed by atoms with Gasteiger partial charge in [0.2, 0.25) is 0 Å². The van der Waals surface area contributed by atoms with E-state index in [1.54, 1.807) is 12.4 Å². The second kappa shape index (κ2) is 6.26. The zero-order chi connectivity index (χ0) is 16.5. The van der Waals surface area contributed by atoms with Crippen molar-refractivity contribution in [3.05, 3.63) is 47.7 Å². The number of thiazole rings is 1. The Morgan fingerprint density at radius 2 is 2.21 bits per heavy atom. The molecule has 1 unspecified atom stereocenters. The second-order valence-electron chi connectivity index (χ2n) is 5.83. The molecule has 0 bridgehead atoms. The van der Waals surface area contributed by atoms with Crippen LogP contribution in [0.3, 0.4) is 0 Å². The maximum atomic E-state index is 12.4. The molecule has 6 nitrogen and oxygen atoms in total. The Kier molecular flexibility index (Phi) is 3.95. The number of carbonyl (C=O) groups excluding carboxylic acids is 1. The Labute approximate surface area is 143 Å². The third kappa shape index (κ3) is 2.88. The largest absolute Gasteiger partial charge is 0.377 e. The van der Waals surface area contributed by atoms with Gasteiger partial charge in [0.1, 0.15) is 4.88 Å². The van der Waals surface area contributed by atoms with Crippen LogP contribution in [0.5, 0.6) is 0 Å². The molecular weight excluding hydrogens is 324 g/mol. The van der Waals surface area contributed by atoms with Gasteiger partial charge in [-0.3, -0.25) is 9.20 Å². The van der Waals surface area contributed by atoms with E-state index in [0.29, 0.717) is 10.9 Å². The molecule has 1 aliphatic heterocycles. The molecule has 1 N–H and O–H groups in total. The summed E-state index contributed by atoms with van der Waals surface area (Å²) in [6, 6.07) is 8.32. The number of morpholine rings is 1. The maximum absolute atomic E-state index is 12.4. The van der Waals surface area contributed by atoms with Gasteiger partial charge < -0.3 is 15.0 Å². The summed E-state index contributed by atoms with van der Waals surface area (Å²) in [5.74, 6) is -0.113. The standard InChI is InChI=1S/C17H18N4O2S/c1-12-11-23-9-8-21(12)14-4-2-13(3-5-14)19-16(22)15-10-20-7-6-18-17(20)24-15/h2-7,10,12H,8-9,11H2,1H3,(H,19,22). The van der Waals surface area contributed by atoms with Crippen LogP contribution < -0.4 is 10.2 Å². The lowest BCUT2D eigenvalue weighted by molar-refractivity contribution is 0.0989. The molecule has 2 aromatic heterocycles. The van der Waals surface area contributed by atoms with E-state index in [2.05, 4.69) is 22.1 Å². The summed E-state index contributed by atoms with van der Waals surface area (Å²) >= 11 is 1.38. The molecule has 7 heteroatoms. The molecule has 3 aromatic rings. The lowest BCUT2D eigenvalue weighted by atomic mass is 10.2. The number of fused-ring (bicyclic) bond motifs is 1. The Hall–Kier alpha value is -2.38. The van der Waals surface area contributed by atoms with Crippen molar-refractivity contribution in [3.63, 3.8) is 0 Å². The number of rotatable bonds is 3. The quantitative estimate of drug-likeness (QED) is 0.795. The third-order valence-electron chi connectivity index (χ3n) is 4.14. The Morgan fingerprint density at radius 3 is 2.96 bits per heavy atom. The summed E-state index contributed by atoms with van der Waals surface area (Å²) in [6.07, 6.45) is 5.35. The fourth-order valence-electron chi connectivity index (χ4n) is 2.87. The van der Waals surface area contributed by atoms with Crippen molar-refractivity contribution in [2.24, 2.45) is 0 Å². The molecule has 4 rings (SSSR count). The number of anilines is 2. The molecule has 24 heavy (non-hydrogen) atoms. The number of aromatic nitrogens is 2. The highest BCUT2D eigenvalue weighted by Gasteiger charge is 2.19. The van der Waals surface area contributed by atoms with Crippen LogP contribution in [0.15, 0.2) is 42.9 Å². The van der Waals surface area contributed by atoms with Crippen molar-refractivity contribution in [1.29, 1.82) is 0 Å². The molecule has 0 saturated carbocycles. The SMILES string of the molecule is CC1COCCN1c1ccc(NC(=O)c2cn3ccnc3s2)cc1. The first-order valence-electron chi connectivity index (χ1n) is 7.89. The first-order valence-corrected chi connectivity index (χ1v) is 8.71. The maximum Gasteiger partial charge on any atom is 0.267 e. The smallest absolute Gasteiger partial charge is 0.267 e. The summed E-state index contributed by atoms with van der Waals surface area (Å²) in [5.41, 5.74) is 1.94. The number of nitrogens with zero attached hydrogens (tertiary/aromatic N) is 3. The average Bonchev–Trinajstić information content (AvgIpc) is 3.18. The molecule has 1 saturated heterocycles. The van der Waals surface area contributed by atoms with Crippen LogP contribution in [-0.4, -0.2) is 41.1 Å². The molecule has 1 amide bonds. The van der Waals surface area contributed by atoms with E-state index in [1.165, 1.54) is 11.3 Å². The minimum atomic E-state index is -0.113. The van der Waals surface area contributed by atoms with Gasteiger partial charge in [-0.05, 0) is 31.2 Å². The molecule has 3 heterocycles. The Balaban J connectivity index is 1.46. The van der Waals surface area contributed by atoms with Crippen molar-refractivity contribution in [2.45, 2.75) is 13.0 Å². The minimum absolute atomic E-state index is 0.113. The van der Waals surface area contributed by atoms with Crippen LogP contribution in [0.4, 0.5) is 11.4 Å². The zero-order valence-corrected chi connectivity index (χ0v) is 14.1. The molecule has 0 radical (unpaired) electrons. The van der Waals surface area contributed by atoms with E-state index in [-0.39, 0.29) is 5.91 Å². The predicted octanol–water partition coefficient (Wildman–Crippen LogP) is 2.87. The lowest BCUT2D eigenvalue weighted by Crippen LogP contribution is -2.43. The summed E-state index contributed by atoms with van der Waals surface area (Å²) in [4.78, 5) is 20.3. The molecule has 124 valence electrons. The van der Waals surface area contributed by atoms with E-state index < -0.39 is 0 Å². The van der Waals surface area contributed by atoms with Crippen molar-refractivity contribution >= 4 is 33.6 Å². The molecular formula is C17H18N4O2S. The molecule has 1 aromatic carbocycles. The van der Waals surface area contributed by atoms with E-state index >= 15 is 0 Å². The number of hydrogen-bond acceptors (Lipinski definition) is 5. The summed E-state index contributed by atoms with van der Waals surface area (Å²) in [6.45, 7) is 4.55. The number of hydrogen-bond donors (Lipinski definition) is 1. The van der Waals surface area contributed by atoms with Gasteiger partial charge in [-0.25, -0.2) is 4.98 Å². The molecule has 0 aliphatic carbocycles. The van der Waals surface area contributed by atoms with Crippen molar-refractivity contribution < 1.29 is 9.53 Å². The molecule has 0 spiro atoms. The summed E-state index contributed by atoms with van der Waals surface area (Å²) in [5, 5.41) is 2.94. The topological polar surface area (TPSA) is 58.9 Å². The fourth-order valence-corrected chi connectivity index (χ4v) is 3.71. The predicted molar refractivity (Wildman–Crippen MR) is 95.1 cm³/mol. The lowest BCUT2D eigenvalue weighted by Gasteiger charge is -2.35. The molecule has 1 atom stereocenters. The van der Waals surface area contributed by atoms with E-state index in [9.17, 15) is 4.79 Å². The fraction of sp³-hybridized carbons (Fsp3) is 0.294. The van der Waals surface area contributed by atoms with Gasteiger partial charge >= 0.3 is 0 Å². The number of amides is 1. The first-order chi connectivity index (χ1) is 11.7. The average molecular weight is 342 g/mol. The third-order valence-corrected chi connectivity index (χ3v) is 5.15. The van der Waals surface area contributed by atoms with E-state index in [0.717, 1.165) is 36.1 Å². The highest BCUT2D eigenvalue weighted by molar-refractivity contribution is 7.18. The second-order valence-corrected chi connectivity index (χ2v) is 6.84. The van der Waals surface area contributed by atoms with Crippen LogP contribution in [-0.2, 0) is 4.74 Å². The normalized spacial score (nSPS) is 18.0. The summed E-state index contributed by atoms with van der Waals surface area (Å²) in [7, 11) is 0. The summed E-state index contributed by atoms with van der Waals surface area (Å²) < 4.78 is 7.32. The zero-order valence-electron chi connectivity index (χ0n) is 13.3. The van der Waals surface area contributed by atoms with Crippen LogP contribution in [0.25, 0.3) is 4.96 Å². The van der Waals surface area contributed by atoms with Gasteiger partial charge in [0.05, 0.1) is 13.2 Å². The van der Waals surface area contributed by atoms with Gasteiger partial charge in [-0.1, -0.05) is 11.3 Å². The van der Waals surface area contributed by atoms with Crippen LogP contribution in [0.1, 0.15) is 16.6 Å². The van der Waals surface area contributed by atoms with E-state index in [4.69, 9.17) is 4.74 Å². The Morgan fingerprint density at radius 1 is 1.38 bits per heavy atom. The van der Waals surface area contributed by atoms with E-state index in [1.807, 2.05) is 34.9 Å². The molecule has 1 fully saturated rings. The van der Waals surface area contributed by atoms with Crippen molar-refractivity contribution in [3.8, 4) is 0 Å². The first kappa shape index (κ1) is 15.2. The van der Waals surface area contributed by atoms with Crippen LogP contribution in [0.2, 0.25) is 0 Å². The van der Waals surface area contributed by atoms with Crippen LogP contribution in [0, 0.1) is 0 Å². The van der Waals surface area contributed by atoms with Crippen molar-refractivity contribution in [1.82, 2.24) is 9.38 Å². The molecule has 1 aliphatic rings. The number of benzene rings is 1. The number of carbonyl (C=O) groups is 1. The highest BCUT2D eigenvalue weighted by Crippen LogP contribution is 2.23. The minimum Gasteiger partial charge on any atom is -0.377 e.